The van der Waals surface area contributed by atoms with E-state index in [2.05, 4.69) is 15.3 Å². The minimum absolute atomic E-state index is 0.0104. The summed E-state index contributed by atoms with van der Waals surface area (Å²) in [5.74, 6) is -0.610. The molecule has 0 unspecified atom stereocenters. The Bertz CT molecular complexity index is 880. The zero-order chi connectivity index (χ0) is 21.0. The van der Waals surface area contributed by atoms with Gasteiger partial charge in [-0.15, -0.1) is 0 Å². The first-order valence-electron chi connectivity index (χ1n) is 9.26. The molecule has 1 N–H and O–H groups in total. The summed E-state index contributed by atoms with van der Waals surface area (Å²) in [4.78, 5) is 34.6. The molecule has 2 aromatic rings. The fraction of sp³-hybridized carbons (Fsp3) is 0.400. The van der Waals surface area contributed by atoms with Gasteiger partial charge in [0.25, 0.3) is 5.91 Å². The summed E-state index contributed by atoms with van der Waals surface area (Å²) in [6.07, 6.45) is 0.305. The molecule has 1 saturated carbocycles. The molecule has 1 aromatic heterocycles. The Labute approximate surface area is 166 Å². The van der Waals surface area contributed by atoms with Gasteiger partial charge in [-0.05, 0) is 37.5 Å². The smallest absolute Gasteiger partial charge is 0.352 e. The number of alkyl halides is 3. The summed E-state index contributed by atoms with van der Waals surface area (Å²) >= 11 is 0. The maximum Gasteiger partial charge on any atom is 0.416 e. The van der Waals surface area contributed by atoms with E-state index in [4.69, 9.17) is 0 Å². The highest BCUT2D eigenvalue weighted by atomic mass is 19.4. The van der Waals surface area contributed by atoms with Crippen molar-refractivity contribution in [2.24, 2.45) is 0 Å². The molecule has 0 bridgehead atoms. The van der Waals surface area contributed by atoms with Crippen molar-refractivity contribution >= 4 is 11.8 Å². The van der Waals surface area contributed by atoms with E-state index >= 15 is 0 Å². The number of aryl methyl sites for hydroxylation is 1. The lowest BCUT2D eigenvalue weighted by molar-refractivity contribution is -0.137. The maximum absolute atomic E-state index is 12.8. The fourth-order valence-corrected chi connectivity index (χ4v) is 2.85. The highest BCUT2D eigenvalue weighted by Crippen LogP contribution is 2.30. The molecule has 3 rings (SSSR count). The lowest BCUT2D eigenvalue weighted by atomic mass is 10.1. The molecule has 1 fully saturated rings. The topological polar surface area (TPSA) is 75.2 Å². The van der Waals surface area contributed by atoms with Crippen LogP contribution in [0.5, 0.6) is 0 Å². The predicted octanol–water partition coefficient (Wildman–Crippen LogP) is 3.11. The molecule has 0 saturated heterocycles. The summed E-state index contributed by atoms with van der Waals surface area (Å²) in [5.41, 5.74) is 0.535. The van der Waals surface area contributed by atoms with Crippen LogP contribution in [0.25, 0.3) is 0 Å². The molecule has 1 aliphatic rings. The van der Waals surface area contributed by atoms with E-state index in [0.717, 1.165) is 25.0 Å². The number of hydrogen-bond donors (Lipinski definition) is 1. The summed E-state index contributed by atoms with van der Waals surface area (Å²) in [6.45, 7) is 1.98. The minimum Gasteiger partial charge on any atom is -0.352 e. The van der Waals surface area contributed by atoms with Crippen molar-refractivity contribution < 1.29 is 22.8 Å². The van der Waals surface area contributed by atoms with Crippen molar-refractivity contribution in [1.82, 2.24) is 20.2 Å². The number of carbonyl (C=O) groups is 2. The lowest BCUT2D eigenvalue weighted by Crippen LogP contribution is -2.37. The first-order valence-corrected chi connectivity index (χ1v) is 9.26. The van der Waals surface area contributed by atoms with Crippen LogP contribution in [-0.4, -0.2) is 39.3 Å². The predicted molar refractivity (Wildman–Crippen MR) is 98.7 cm³/mol. The van der Waals surface area contributed by atoms with Crippen LogP contribution >= 0.6 is 0 Å². The van der Waals surface area contributed by atoms with Crippen molar-refractivity contribution in [1.29, 1.82) is 0 Å². The van der Waals surface area contributed by atoms with Gasteiger partial charge in [-0.1, -0.05) is 12.1 Å². The first kappa shape index (κ1) is 20.8. The largest absolute Gasteiger partial charge is 0.416 e. The number of carbonyl (C=O) groups excluding carboxylic acids is 2. The number of aromatic nitrogens is 2. The molecule has 1 aliphatic carbocycles. The van der Waals surface area contributed by atoms with Crippen molar-refractivity contribution in [2.75, 3.05) is 6.54 Å². The van der Waals surface area contributed by atoms with E-state index in [-0.39, 0.29) is 43.1 Å². The molecule has 154 valence electrons. The quantitative estimate of drug-likeness (QED) is 0.767. The molecule has 0 aliphatic heterocycles. The Kier molecular flexibility index (Phi) is 6.14. The average Bonchev–Trinajstić information content (AvgIpc) is 3.51. The number of benzene rings is 1. The Morgan fingerprint density at radius 1 is 1.21 bits per heavy atom. The standard InChI is InChI=1S/C20H21F3N4O2/c1-13-10-25-17(12-24-13)19(29)27(16-5-6-16)8-7-18(28)26-11-14-3-2-4-15(9-14)20(21,22)23/h2-4,9-10,12,16H,5-8,11H2,1H3,(H,26,28). The fourth-order valence-electron chi connectivity index (χ4n) is 2.85. The average molecular weight is 406 g/mol. The number of halogens is 3. The van der Waals surface area contributed by atoms with Gasteiger partial charge in [0.2, 0.25) is 5.91 Å². The third kappa shape index (κ3) is 5.75. The van der Waals surface area contributed by atoms with Gasteiger partial charge in [-0.25, -0.2) is 4.98 Å². The number of hydrogen-bond acceptors (Lipinski definition) is 4. The second kappa shape index (κ2) is 8.59. The third-order valence-electron chi connectivity index (χ3n) is 4.57. The number of nitrogens with one attached hydrogen (secondary N) is 1. The van der Waals surface area contributed by atoms with E-state index in [0.29, 0.717) is 11.3 Å². The molecule has 1 heterocycles. The Hall–Kier alpha value is -2.97. The SMILES string of the molecule is Cc1cnc(C(=O)N(CCC(=O)NCc2cccc(C(F)(F)F)c2)C2CC2)cn1. The van der Waals surface area contributed by atoms with Crippen LogP contribution in [0.15, 0.2) is 36.7 Å². The van der Waals surface area contributed by atoms with Gasteiger partial charge in [0.15, 0.2) is 0 Å². The van der Waals surface area contributed by atoms with Gasteiger partial charge < -0.3 is 10.2 Å². The molecule has 0 radical (unpaired) electrons. The minimum atomic E-state index is -4.43. The van der Waals surface area contributed by atoms with E-state index in [1.54, 1.807) is 11.8 Å². The van der Waals surface area contributed by atoms with Crippen LogP contribution in [0.4, 0.5) is 13.2 Å². The zero-order valence-electron chi connectivity index (χ0n) is 15.9. The molecule has 2 amide bonds. The highest BCUT2D eigenvalue weighted by Gasteiger charge is 2.34. The van der Waals surface area contributed by atoms with Crippen LogP contribution in [0.2, 0.25) is 0 Å². The second-order valence-corrected chi connectivity index (χ2v) is 7.00. The molecule has 9 heteroatoms. The highest BCUT2D eigenvalue weighted by molar-refractivity contribution is 5.92. The number of amides is 2. The second-order valence-electron chi connectivity index (χ2n) is 7.00. The number of rotatable bonds is 7. The van der Waals surface area contributed by atoms with Crippen LogP contribution in [0.3, 0.4) is 0 Å². The van der Waals surface area contributed by atoms with Crippen LogP contribution in [0, 0.1) is 6.92 Å². The van der Waals surface area contributed by atoms with Crippen LogP contribution < -0.4 is 5.32 Å². The summed E-state index contributed by atoms with van der Waals surface area (Å²) in [7, 11) is 0. The van der Waals surface area contributed by atoms with Gasteiger partial charge in [0, 0.05) is 31.7 Å². The maximum atomic E-state index is 12.8. The summed E-state index contributed by atoms with van der Waals surface area (Å²) in [5, 5.41) is 2.61. The molecule has 1 aromatic carbocycles. The molecule has 0 atom stereocenters. The van der Waals surface area contributed by atoms with E-state index in [1.165, 1.54) is 24.5 Å². The normalized spacial score (nSPS) is 13.8. The Balaban J connectivity index is 1.53. The summed E-state index contributed by atoms with van der Waals surface area (Å²) in [6, 6.07) is 4.91. The molecular weight excluding hydrogens is 385 g/mol. The molecule has 6 nitrogen and oxygen atoms in total. The van der Waals surface area contributed by atoms with E-state index in [1.807, 2.05) is 0 Å². The first-order chi connectivity index (χ1) is 13.7. The van der Waals surface area contributed by atoms with Gasteiger partial charge in [0.05, 0.1) is 17.5 Å². The van der Waals surface area contributed by atoms with Crippen molar-refractivity contribution in [3.8, 4) is 0 Å². The lowest BCUT2D eigenvalue weighted by Gasteiger charge is -2.21. The van der Waals surface area contributed by atoms with Crippen molar-refractivity contribution in [3.05, 3.63) is 59.2 Å². The van der Waals surface area contributed by atoms with Gasteiger partial charge in [-0.2, -0.15) is 13.2 Å². The third-order valence-corrected chi connectivity index (χ3v) is 4.57. The van der Waals surface area contributed by atoms with Gasteiger partial charge in [-0.3, -0.25) is 14.6 Å². The van der Waals surface area contributed by atoms with Gasteiger partial charge in [0.1, 0.15) is 5.69 Å². The van der Waals surface area contributed by atoms with E-state index in [9.17, 15) is 22.8 Å². The van der Waals surface area contributed by atoms with E-state index < -0.39 is 11.7 Å². The zero-order valence-corrected chi connectivity index (χ0v) is 15.9. The van der Waals surface area contributed by atoms with Crippen molar-refractivity contribution in [3.63, 3.8) is 0 Å². The Morgan fingerprint density at radius 2 is 1.97 bits per heavy atom. The Morgan fingerprint density at radius 3 is 2.59 bits per heavy atom. The number of nitrogens with zero attached hydrogens (tertiary/aromatic N) is 3. The van der Waals surface area contributed by atoms with Crippen LogP contribution in [0.1, 0.15) is 46.6 Å². The molecular formula is C20H21F3N4O2. The monoisotopic (exact) mass is 406 g/mol. The molecule has 0 spiro atoms. The molecule has 29 heavy (non-hydrogen) atoms. The van der Waals surface area contributed by atoms with Crippen LogP contribution in [-0.2, 0) is 17.5 Å². The van der Waals surface area contributed by atoms with Crippen molar-refractivity contribution in [2.45, 2.75) is 44.9 Å². The van der Waals surface area contributed by atoms with Gasteiger partial charge >= 0.3 is 6.18 Å². The summed E-state index contributed by atoms with van der Waals surface area (Å²) < 4.78 is 38.3.